The summed E-state index contributed by atoms with van der Waals surface area (Å²) in [4.78, 5) is 0. The zero-order valence-electron chi connectivity index (χ0n) is 8.43. The van der Waals surface area contributed by atoms with E-state index in [1.54, 1.807) is 0 Å². The third-order valence-corrected chi connectivity index (χ3v) is 1.77. The smallest absolute Gasteiger partial charge is 0.387 e. The first-order valence-corrected chi connectivity index (χ1v) is 4.54. The fourth-order valence-electron chi connectivity index (χ4n) is 1.13. The van der Waals surface area contributed by atoms with Crippen molar-refractivity contribution in [3.63, 3.8) is 0 Å². The second-order valence-electron chi connectivity index (χ2n) is 2.97. The lowest BCUT2D eigenvalue weighted by atomic mass is 10.3. The summed E-state index contributed by atoms with van der Waals surface area (Å²) >= 11 is 0. The summed E-state index contributed by atoms with van der Waals surface area (Å²) in [6.07, 6.45) is 0. The van der Waals surface area contributed by atoms with Crippen LogP contribution < -0.4 is 15.8 Å². The molecule has 1 heterocycles. The third kappa shape index (κ3) is 3.03. The lowest BCUT2D eigenvalue weighted by molar-refractivity contribution is -0.0498. The van der Waals surface area contributed by atoms with E-state index < -0.39 is 6.61 Å². The Kier molecular flexibility index (Phi) is 3.03. The molecule has 0 saturated carbocycles. The maximum Gasteiger partial charge on any atom is 0.387 e. The minimum absolute atomic E-state index is 0.0647. The highest BCUT2D eigenvalue weighted by Crippen LogP contribution is 2.20. The van der Waals surface area contributed by atoms with Crippen molar-refractivity contribution in [3.05, 3.63) is 24.3 Å². The van der Waals surface area contributed by atoms with Crippen LogP contribution in [0, 0.1) is 0 Å². The first-order valence-electron chi connectivity index (χ1n) is 4.54. The Morgan fingerprint density at radius 3 is 2.47 bits per heavy atom. The van der Waals surface area contributed by atoms with Crippen LogP contribution in [0.2, 0.25) is 0 Å². The summed E-state index contributed by atoms with van der Waals surface area (Å²) in [5.41, 5.74) is 5.81. The molecule has 0 saturated heterocycles. The zero-order valence-corrected chi connectivity index (χ0v) is 8.43. The van der Waals surface area contributed by atoms with E-state index in [-0.39, 0.29) is 17.8 Å². The third-order valence-electron chi connectivity index (χ3n) is 1.77. The highest BCUT2D eigenvalue weighted by molar-refractivity contribution is 5.53. The lowest BCUT2D eigenvalue weighted by Crippen LogP contribution is -2.01. The number of rotatable bonds is 4. The van der Waals surface area contributed by atoms with Crippen molar-refractivity contribution >= 4 is 17.7 Å². The monoisotopic (exact) mass is 242 g/mol. The predicted octanol–water partition coefficient (Wildman–Crippen LogP) is 2.00. The van der Waals surface area contributed by atoms with Gasteiger partial charge in [-0.3, -0.25) is 0 Å². The molecular formula is C9H8F2N4O2. The van der Waals surface area contributed by atoms with Gasteiger partial charge in [0.1, 0.15) is 5.75 Å². The van der Waals surface area contributed by atoms with E-state index >= 15 is 0 Å². The van der Waals surface area contributed by atoms with Crippen molar-refractivity contribution in [1.82, 2.24) is 10.2 Å². The van der Waals surface area contributed by atoms with Gasteiger partial charge in [0.25, 0.3) is 0 Å². The van der Waals surface area contributed by atoms with Gasteiger partial charge in [0.15, 0.2) is 0 Å². The fourth-order valence-corrected chi connectivity index (χ4v) is 1.13. The van der Waals surface area contributed by atoms with E-state index in [4.69, 9.17) is 10.2 Å². The minimum atomic E-state index is -2.84. The summed E-state index contributed by atoms with van der Waals surface area (Å²) in [5.74, 6) is 0.0654. The van der Waals surface area contributed by atoms with Crippen molar-refractivity contribution < 1.29 is 17.9 Å². The quantitative estimate of drug-likeness (QED) is 0.852. The van der Waals surface area contributed by atoms with Crippen molar-refractivity contribution in [1.29, 1.82) is 0 Å². The van der Waals surface area contributed by atoms with Gasteiger partial charge in [0, 0.05) is 5.69 Å². The van der Waals surface area contributed by atoms with Gasteiger partial charge in [0.2, 0.25) is 0 Å². The summed E-state index contributed by atoms with van der Waals surface area (Å²) in [5, 5.41) is 9.76. The van der Waals surface area contributed by atoms with Crippen LogP contribution in [0.3, 0.4) is 0 Å². The average molecular weight is 242 g/mol. The van der Waals surface area contributed by atoms with E-state index in [0.29, 0.717) is 5.69 Å². The summed E-state index contributed by atoms with van der Waals surface area (Å²) in [7, 11) is 0. The van der Waals surface area contributed by atoms with Crippen LogP contribution in [-0.4, -0.2) is 16.8 Å². The number of nitrogens with two attached hydrogens (primary N) is 1. The molecule has 1 aromatic carbocycles. The van der Waals surface area contributed by atoms with E-state index in [1.165, 1.54) is 24.3 Å². The molecule has 1 aromatic heterocycles. The maximum absolute atomic E-state index is 11.9. The van der Waals surface area contributed by atoms with E-state index in [1.807, 2.05) is 0 Å². The molecule has 0 atom stereocenters. The molecule has 0 spiro atoms. The van der Waals surface area contributed by atoms with Crippen molar-refractivity contribution in [2.45, 2.75) is 6.61 Å². The number of ether oxygens (including phenoxy) is 1. The molecule has 8 heteroatoms. The normalized spacial score (nSPS) is 10.5. The number of aromatic nitrogens is 2. The molecule has 0 amide bonds. The highest BCUT2D eigenvalue weighted by atomic mass is 19.3. The molecule has 17 heavy (non-hydrogen) atoms. The van der Waals surface area contributed by atoms with Gasteiger partial charge in [-0.25, -0.2) is 0 Å². The van der Waals surface area contributed by atoms with Gasteiger partial charge in [-0.1, -0.05) is 10.2 Å². The molecule has 0 aliphatic carbocycles. The SMILES string of the molecule is Nc1nnc(Nc2ccc(OC(F)F)cc2)o1. The first-order chi connectivity index (χ1) is 8.13. The Hall–Kier alpha value is -2.38. The largest absolute Gasteiger partial charge is 0.435 e. The Bertz CT molecular complexity index is 486. The summed E-state index contributed by atoms with van der Waals surface area (Å²) in [6, 6.07) is 5.87. The van der Waals surface area contributed by atoms with Crippen LogP contribution in [0.25, 0.3) is 0 Å². The number of anilines is 3. The molecule has 0 unspecified atom stereocenters. The van der Waals surface area contributed by atoms with Gasteiger partial charge in [0.05, 0.1) is 0 Å². The molecule has 0 bridgehead atoms. The molecule has 0 radical (unpaired) electrons. The average Bonchev–Trinajstić information content (AvgIpc) is 2.66. The molecule has 2 rings (SSSR count). The second kappa shape index (κ2) is 4.64. The van der Waals surface area contributed by atoms with Gasteiger partial charge >= 0.3 is 18.6 Å². The van der Waals surface area contributed by atoms with Gasteiger partial charge < -0.3 is 20.2 Å². The van der Waals surface area contributed by atoms with Gasteiger partial charge in [-0.05, 0) is 24.3 Å². The van der Waals surface area contributed by atoms with Crippen LogP contribution in [-0.2, 0) is 0 Å². The summed E-state index contributed by atoms with van der Waals surface area (Å²) < 4.78 is 32.8. The van der Waals surface area contributed by atoms with Crippen molar-refractivity contribution in [2.75, 3.05) is 11.1 Å². The number of halogens is 2. The van der Waals surface area contributed by atoms with Gasteiger partial charge in [-0.15, -0.1) is 0 Å². The van der Waals surface area contributed by atoms with Crippen molar-refractivity contribution in [2.24, 2.45) is 0 Å². The van der Waals surface area contributed by atoms with Crippen LogP contribution in [0.5, 0.6) is 5.75 Å². The van der Waals surface area contributed by atoms with E-state index in [0.717, 1.165) is 0 Å². The minimum Gasteiger partial charge on any atom is -0.435 e. The van der Waals surface area contributed by atoms with E-state index in [9.17, 15) is 8.78 Å². The number of nitrogen functional groups attached to an aromatic ring is 1. The van der Waals surface area contributed by atoms with E-state index in [2.05, 4.69) is 20.3 Å². The first kappa shape index (κ1) is 11.1. The molecular weight excluding hydrogens is 234 g/mol. The molecule has 0 fully saturated rings. The summed E-state index contributed by atoms with van der Waals surface area (Å²) in [6.45, 7) is -2.84. The Labute approximate surface area is 94.4 Å². The molecule has 6 nitrogen and oxygen atoms in total. The standard InChI is InChI=1S/C9H8F2N4O2/c10-7(11)16-6-3-1-5(2-4-6)13-9-15-14-8(12)17-9/h1-4,7H,(H2,12,14)(H,13,15). The Morgan fingerprint density at radius 2 is 1.94 bits per heavy atom. The number of hydrogen-bond donors (Lipinski definition) is 2. The lowest BCUT2D eigenvalue weighted by Gasteiger charge is -2.05. The second-order valence-corrected chi connectivity index (χ2v) is 2.97. The molecule has 3 N–H and O–H groups in total. The number of alkyl halides is 2. The van der Waals surface area contributed by atoms with Crippen LogP contribution in [0.15, 0.2) is 28.7 Å². The number of benzene rings is 1. The Balaban J connectivity index is 2.03. The zero-order chi connectivity index (χ0) is 12.3. The van der Waals surface area contributed by atoms with Crippen LogP contribution in [0.4, 0.5) is 26.5 Å². The topological polar surface area (TPSA) is 86.2 Å². The fraction of sp³-hybridized carbons (Fsp3) is 0.111. The van der Waals surface area contributed by atoms with Crippen molar-refractivity contribution in [3.8, 4) is 5.75 Å². The maximum atomic E-state index is 11.9. The highest BCUT2D eigenvalue weighted by Gasteiger charge is 2.05. The van der Waals surface area contributed by atoms with Gasteiger partial charge in [-0.2, -0.15) is 8.78 Å². The predicted molar refractivity (Wildman–Crippen MR) is 55.1 cm³/mol. The Morgan fingerprint density at radius 1 is 1.24 bits per heavy atom. The number of nitrogens with one attached hydrogen (secondary N) is 1. The number of nitrogens with zero attached hydrogens (tertiary/aromatic N) is 2. The molecule has 90 valence electrons. The van der Waals surface area contributed by atoms with Crippen LogP contribution in [0.1, 0.15) is 0 Å². The van der Waals surface area contributed by atoms with Crippen LogP contribution >= 0.6 is 0 Å². The molecule has 2 aromatic rings. The number of hydrogen-bond acceptors (Lipinski definition) is 6. The molecule has 0 aliphatic rings. The molecule has 0 aliphatic heterocycles.